The molecule has 6 heteroatoms. The van der Waals surface area contributed by atoms with Crippen LogP contribution in [0.2, 0.25) is 0 Å². The topological polar surface area (TPSA) is 97.7 Å². The summed E-state index contributed by atoms with van der Waals surface area (Å²) in [5.41, 5.74) is 1.11. The smallest absolute Gasteiger partial charge is 0.295 e. The fraction of sp³-hybridized carbons (Fsp3) is 0.190. The average molecular weight is 364 g/mol. The lowest BCUT2D eigenvalue weighted by Crippen LogP contribution is -2.32. The van der Waals surface area contributed by atoms with Gasteiger partial charge in [0.05, 0.1) is 11.6 Å². The first-order valence-corrected chi connectivity index (χ1v) is 8.59. The number of aliphatic hydroxyl groups excluding tert-OH is 1. The number of benzene rings is 2. The van der Waals surface area contributed by atoms with Crippen LogP contribution in [0.25, 0.3) is 5.76 Å². The second kappa shape index (κ2) is 7.86. The molecule has 1 amide bonds. The summed E-state index contributed by atoms with van der Waals surface area (Å²) in [7, 11) is 0. The van der Waals surface area contributed by atoms with Gasteiger partial charge in [0, 0.05) is 18.1 Å². The number of carboxylic acid groups (broad SMARTS) is 1. The van der Waals surface area contributed by atoms with Gasteiger partial charge in [-0.3, -0.25) is 9.59 Å². The van der Waals surface area contributed by atoms with Crippen molar-refractivity contribution in [1.82, 2.24) is 4.90 Å². The summed E-state index contributed by atoms with van der Waals surface area (Å²) < 4.78 is 0. The first-order chi connectivity index (χ1) is 13.0. The van der Waals surface area contributed by atoms with E-state index in [0.717, 1.165) is 0 Å². The van der Waals surface area contributed by atoms with E-state index in [1.807, 2.05) is 6.07 Å². The maximum Gasteiger partial charge on any atom is 0.295 e. The van der Waals surface area contributed by atoms with Crippen LogP contribution in [0.15, 0.2) is 66.2 Å². The quantitative estimate of drug-likeness (QED) is 0.477. The van der Waals surface area contributed by atoms with Gasteiger partial charge < -0.3 is 19.9 Å². The summed E-state index contributed by atoms with van der Waals surface area (Å²) in [6, 6.07) is 16.7. The van der Waals surface area contributed by atoms with Crippen LogP contribution in [-0.2, 0) is 14.4 Å². The van der Waals surface area contributed by atoms with Crippen LogP contribution in [-0.4, -0.2) is 34.2 Å². The third-order valence-corrected chi connectivity index (χ3v) is 4.48. The van der Waals surface area contributed by atoms with Gasteiger partial charge in [0.2, 0.25) is 0 Å². The molecule has 1 saturated heterocycles. The van der Waals surface area contributed by atoms with Crippen molar-refractivity contribution in [2.45, 2.75) is 18.9 Å². The highest BCUT2D eigenvalue weighted by Crippen LogP contribution is 2.39. The summed E-state index contributed by atoms with van der Waals surface area (Å²) in [5, 5.41) is 21.4. The van der Waals surface area contributed by atoms with Gasteiger partial charge in [-0.2, -0.15) is 0 Å². The van der Waals surface area contributed by atoms with E-state index in [2.05, 4.69) is 0 Å². The molecule has 2 aromatic rings. The normalized spacial score (nSPS) is 18.7. The van der Waals surface area contributed by atoms with Crippen molar-refractivity contribution in [2.75, 3.05) is 6.54 Å². The monoisotopic (exact) mass is 364 g/mol. The van der Waals surface area contributed by atoms with Gasteiger partial charge in [0.1, 0.15) is 5.76 Å². The zero-order chi connectivity index (χ0) is 19.4. The molecule has 1 fully saturated rings. The van der Waals surface area contributed by atoms with Crippen molar-refractivity contribution >= 4 is 23.4 Å². The predicted octanol–water partition coefficient (Wildman–Crippen LogP) is 1.64. The number of ketones is 1. The van der Waals surface area contributed by atoms with Gasteiger partial charge in [0.25, 0.3) is 11.7 Å². The van der Waals surface area contributed by atoms with Crippen molar-refractivity contribution in [1.29, 1.82) is 0 Å². The van der Waals surface area contributed by atoms with Crippen molar-refractivity contribution in [3.63, 3.8) is 0 Å². The van der Waals surface area contributed by atoms with Crippen molar-refractivity contribution in [2.24, 2.45) is 0 Å². The molecule has 0 aliphatic carbocycles. The number of carbonyl (C=O) groups excluding carboxylic acids is 3. The molecule has 0 saturated carbocycles. The zero-order valence-electron chi connectivity index (χ0n) is 14.5. The van der Waals surface area contributed by atoms with Crippen LogP contribution < -0.4 is 5.11 Å². The molecule has 0 unspecified atom stereocenters. The zero-order valence-corrected chi connectivity index (χ0v) is 14.5. The van der Waals surface area contributed by atoms with Gasteiger partial charge in [-0.05, 0) is 18.4 Å². The maximum absolute atomic E-state index is 12.7. The van der Waals surface area contributed by atoms with E-state index in [-0.39, 0.29) is 30.7 Å². The Morgan fingerprint density at radius 3 is 2.19 bits per heavy atom. The number of Topliss-reactive ketones (excluding diaryl/α,β-unsaturated/α-hetero) is 1. The number of hydrogen-bond acceptors (Lipinski definition) is 5. The largest absolute Gasteiger partial charge is 0.550 e. The Labute approximate surface area is 156 Å². The molecule has 0 bridgehead atoms. The number of aliphatic hydroxyl groups is 1. The Kier molecular flexibility index (Phi) is 5.35. The van der Waals surface area contributed by atoms with E-state index in [1.54, 1.807) is 54.6 Å². The van der Waals surface area contributed by atoms with E-state index in [1.165, 1.54) is 4.90 Å². The molecule has 1 heterocycles. The number of likely N-dealkylation sites (tertiary alicyclic amines) is 1. The highest BCUT2D eigenvalue weighted by atomic mass is 16.4. The Morgan fingerprint density at radius 2 is 1.59 bits per heavy atom. The predicted molar refractivity (Wildman–Crippen MR) is 96.1 cm³/mol. The Balaban J connectivity index is 2.07. The van der Waals surface area contributed by atoms with E-state index in [4.69, 9.17) is 0 Å². The molecular formula is C21H18NO5-. The fourth-order valence-electron chi connectivity index (χ4n) is 3.24. The lowest BCUT2D eigenvalue weighted by molar-refractivity contribution is -0.305. The Hall–Kier alpha value is -3.41. The third kappa shape index (κ3) is 3.74. The minimum absolute atomic E-state index is 0.00542. The van der Waals surface area contributed by atoms with E-state index >= 15 is 0 Å². The lowest BCUT2D eigenvalue weighted by Gasteiger charge is -2.25. The number of nitrogens with zero attached hydrogens (tertiary/aromatic N) is 1. The van der Waals surface area contributed by atoms with Crippen LogP contribution in [0.4, 0.5) is 0 Å². The Morgan fingerprint density at radius 1 is 1.00 bits per heavy atom. The van der Waals surface area contributed by atoms with Gasteiger partial charge in [-0.1, -0.05) is 60.7 Å². The van der Waals surface area contributed by atoms with Crippen LogP contribution in [0.5, 0.6) is 0 Å². The molecule has 0 radical (unpaired) electrons. The molecule has 2 aromatic carbocycles. The maximum atomic E-state index is 12.7. The van der Waals surface area contributed by atoms with Crippen molar-refractivity contribution in [3.05, 3.63) is 77.4 Å². The van der Waals surface area contributed by atoms with Gasteiger partial charge in [-0.25, -0.2) is 0 Å². The van der Waals surface area contributed by atoms with Crippen LogP contribution in [0, 0.1) is 0 Å². The van der Waals surface area contributed by atoms with Crippen molar-refractivity contribution < 1.29 is 24.6 Å². The van der Waals surface area contributed by atoms with Gasteiger partial charge >= 0.3 is 0 Å². The minimum atomic E-state index is -1.22. The number of hydrogen-bond donors (Lipinski definition) is 1. The van der Waals surface area contributed by atoms with E-state index < -0.39 is 23.7 Å². The molecule has 27 heavy (non-hydrogen) atoms. The highest BCUT2D eigenvalue weighted by molar-refractivity contribution is 6.46. The Bertz CT molecular complexity index is 889. The summed E-state index contributed by atoms with van der Waals surface area (Å²) in [5.74, 6) is -2.99. The molecule has 3 rings (SSSR count). The van der Waals surface area contributed by atoms with Crippen LogP contribution in [0.3, 0.4) is 0 Å². The standard InChI is InChI=1S/C21H19NO5/c23-16(24)12-7-13-22-18(14-8-3-1-4-9-14)17(20(26)21(22)27)19(25)15-10-5-2-6-11-15/h1-6,8-11,18,25H,7,12-13H2,(H,23,24)/p-1/t18-/m1/s1. The SMILES string of the molecule is O=C([O-])CCCN1C(=O)C(=O)C(=C(O)c2ccccc2)[C@H]1c1ccccc1. The summed E-state index contributed by atoms with van der Waals surface area (Å²) >= 11 is 0. The molecule has 0 spiro atoms. The average Bonchev–Trinajstić information content (AvgIpc) is 2.93. The van der Waals surface area contributed by atoms with E-state index in [9.17, 15) is 24.6 Å². The number of carboxylic acids is 1. The van der Waals surface area contributed by atoms with Crippen LogP contribution >= 0.6 is 0 Å². The summed E-state index contributed by atoms with van der Waals surface area (Å²) in [6.45, 7) is 0.0731. The molecule has 1 aliphatic heterocycles. The second-order valence-electron chi connectivity index (χ2n) is 6.24. The summed E-state index contributed by atoms with van der Waals surface area (Å²) in [4.78, 5) is 37.3. The minimum Gasteiger partial charge on any atom is -0.550 e. The third-order valence-electron chi connectivity index (χ3n) is 4.48. The highest BCUT2D eigenvalue weighted by Gasteiger charge is 2.45. The number of rotatable bonds is 6. The van der Waals surface area contributed by atoms with Gasteiger partial charge in [-0.15, -0.1) is 0 Å². The number of amides is 1. The molecule has 1 atom stereocenters. The fourth-order valence-corrected chi connectivity index (χ4v) is 3.24. The first-order valence-electron chi connectivity index (χ1n) is 8.59. The first kappa shape index (κ1) is 18.4. The molecule has 6 nitrogen and oxygen atoms in total. The lowest BCUT2D eigenvalue weighted by atomic mass is 9.95. The molecule has 1 N–H and O–H groups in total. The molecule has 0 aromatic heterocycles. The molecular weight excluding hydrogens is 346 g/mol. The van der Waals surface area contributed by atoms with E-state index in [0.29, 0.717) is 11.1 Å². The number of carbonyl (C=O) groups is 3. The van der Waals surface area contributed by atoms with Crippen LogP contribution in [0.1, 0.15) is 30.0 Å². The number of aliphatic carboxylic acids is 1. The molecule has 138 valence electrons. The van der Waals surface area contributed by atoms with Gasteiger partial charge in [0.15, 0.2) is 0 Å². The molecule has 1 aliphatic rings. The second-order valence-corrected chi connectivity index (χ2v) is 6.24. The van der Waals surface area contributed by atoms with Crippen molar-refractivity contribution in [3.8, 4) is 0 Å². The summed E-state index contributed by atoms with van der Waals surface area (Å²) in [6.07, 6.45) is -0.0622.